The number of rotatable bonds is 5. The first-order valence-corrected chi connectivity index (χ1v) is 9.71. The quantitative estimate of drug-likeness (QED) is 0.866. The molecular weight excluding hydrogens is 326 g/mol. The van der Waals surface area contributed by atoms with Crippen LogP contribution < -0.4 is 14.2 Å². The largest absolute Gasteiger partial charge is 0.486 e. The summed E-state index contributed by atoms with van der Waals surface area (Å²) < 4.78 is 43.9. The Kier molecular flexibility index (Phi) is 4.54. The summed E-state index contributed by atoms with van der Waals surface area (Å²) in [5, 5.41) is 0. The number of methoxy groups -OCH3 is 1. The summed E-state index contributed by atoms with van der Waals surface area (Å²) in [6, 6.07) is 4.65. The van der Waals surface area contributed by atoms with Gasteiger partial charge >= 0.3 is 0 Å². The molecule has 0 aliphatic carbocycles. The first kappa shape index (κ1) is 15.9. The third kappa shape index (κ3) is 3.19. The Morgan fingerprint density at radius 1 is 1.32 bits per heavy atom. The maximum absolute atomic E-state index is 12.5. The van der Waals surface area contributed by atoms with Crippen molar-refractivity contribution in [2.75, 3.05) is 38.4 Å². The topological polar surface area (TPSA) is 73.9 Å². The van der Waals surface area contributed by atoms with E-state index in [0.29, 0.717) is 24.7 Å². The molecule has 0 saturated carbocycles. The Bertz CT molecular complexity index is 641. The third-order valence-corrected chi connectivity index (χ3v) is 6.53. The molecule has 1 aromatic rings. The molecule has 3 rings (SSSR count). The van der Waals surface area contributed by atoms with E-state index in [4.69, 9.17) is 14.2 Å². The van der Waals surface area contributed by atoms with Gasteiger partial charge < -0.3 is 14.2 Å². The minimum absolute atomic E-state index is 0.175. The van der Waals surface area contributed by atoms with Crippen LogP contribution in [-0.4, -0.2) is 52.4 Å². The van der Waals surface area contributed by atoms with Gasteiger partial charge in [0.05, 0.1) is 10.5 Å². The van der Waals surface area contributed by atoms with Crippen LogP contribution in [0.2, 0.25) is 0 Å². The number of benzene rings is 1. The lowest BCUT2D eigenvalue weighted by atomic mass is 10.0. The predicted molar refractivity (Wildman–Crippen MR) is 84.3 cm³/mol. The van der Waals surface area contributed by atoms with Gasteiger partial charge in [-0.3, -0.25) is 0 Å². The molecule has 122 valence electrons. The van der Waals surface area contributed by atoms with Crippen molar-refractivity contribution in [1.82, 2.24) is 4.72 Å². The van der Waals surface area contributed by atoms with Crippen LogP contribution in [0, 0.1) is 0 Å². The minimum atomic E-state index is -3.60. The monoisotopic (exact) mass is 345 g/mol. The number of nitrogens with one attached hydrogen (secondary N) is 1. The first-order valence-electron chi connectivity index (χ1n) is 7.07. The molecular formula is C14H19NO5S2. The number of sulfonamides is 1. The predicted octanol–water partition coefficient (Wildman–Crippen LogP) is 1.26. The Hall–Kier alpha value is -0.960. The van der Waals surface area contributed by atoms with E-state index in [1.807, 2.05) is 0 Å². The van der Waals surface area contributed by atoms with E-state index in [1.165, 1.54) is 12.1 Å². The SMILES string of the molecule is CO[C@]1(CNS(=O)(=O)c2ccc3c(c2)OCCO3)CCSC1. The number of thioether (sulfide) groups is 1. The second kappa shape index (κ2) is 6.27. The molecule has 2 aliphatic rings. The third-order valence-electron chi connectivity index (χ3n) is 3.91. The number of ether oxygens (including phenoxy) is 3. The molecule has 8 heteroatoms. The van der Waals surface area contributed by atoms with Crippen LogP contribution in [0.4, 0.5) is 0 Å². The lowest BCUT2D eigenvalue weighted by Gasteiger charge is -2.26. The van der Waals surface area contributed by atoms with E-state index in [1.54, 1.807) is 24.9 Å². The first-order chi connectivity index (χ1) is 10.5. The molecule has 22 heavy (non-hydrogen) atoms. The van der Waals surface area contributed by atoms with Crippen molar-refractivity contribution in [3.63, 3.8) is 0 Å². The van der Waals surface area contributed by atoms with Crippen LogP contribution in [-0.2, 0) is 14.8 Å². The molecule has 0 aromatic heterocycles. The fraction of sp³-hybridized carbons (Fsp3) is 0.571. The molecule has 0 amide bonds. The molecule has 1 atom stereocenters. The van der Waals surface area contributed by atoms with Crippen LogP contribution in [0.1, 0.15) is 6.42 Å². The van der Waals surface area contributed by atoms with Gasteiger partial charge in [0.2, 0.25) is 10.0 Å². The van der Waals surface area contributed by atoms with Crippen LogP contribution >= 0.6 is 11.8 Å². The van der Waals surface area contributed by atoms with Gasteiger partial charge in [-0.25, -0.2) is 13.1 Å². The number of fused-ring (bicyclic) bond motifs is 1. The molecule has 1 aromatic carbocycles. The van der Waals surface area contributed by atoms with Crippen molar-refractivity contribution in [1.29, 1.82) is 0 Å². The maximum atomic E-state index is 12.5. The Morgan fingerprint density at radius 3 is 2.77 bits per heavy atom. The molecule has 0 unspecified atom stereocenters. The van der Waals surface area contributed by atoms with Gasteiger partial charge in [0.1, 0.15) is 13.2 Å². The molecule has 6 nitrogen and oxygen atoms in total. The van der Waals surface area contributed by atoms with E-state index in [0.717, 1.165) is 17.9 Å². The summed E-state index contributed by atoms with van der Waals surface area (Å²) in [5.41, 5.74) is -0.411. The zero-order valence-electron chi connectivity index (χ0n) is 12.3. The van der Waals surface area contributed by atoms with E-state index in [-0.39, 0.29) is 11.4 Å². The average molecular weight is 345 g/mol. The van der Waals surface area contributed by atoms with Crippen LogP contribution in [0.25, 0.3) is 0 Å². The molecule has 2 aliphatic heterocycles. The molecule has 1 N–H and O–H groups in total. The molecule has 0 radical (unpaired) electrons. The average Bonchev–Trinajstić information content (AvgIpc) is 3.02. The highest BCUT2D eigenvalue weighted by atomic mass is 32.2. The van der Waals surface area contributed by atoms with Crippen LogP contribution in [0.5, 0.6) is 11.5 Å². The molecule has 0 spiro atoms. The number of hydrogen-bond acceptors (Lipinski definition) is 6. The Labute approximate surface area is 134 Å². The summed E-state index contributed by atoms with van der Waals surface area (Å²) in [7, 11) is -1.98. The van der Waals surface area contributed by atoms with Gasteiger partial charge in [0, 0.05) is 25.5 Å². The zero-order chi connectivity index (χ0) is 15.6. The van der Waals surface area contributed by atoms with Crippen molar-refractivity contribution in [3.8, 4) is 11.5 Å². The fourth-order valence-electron chi connectivity index (χ4n) is 2.46. The molecule has 0 bridgehead atoms. The van der Waals surface area contributed by atoms with Crippen LogP contribution in [0.15, 0.2) is 23.1 Å². The standard InChI is InChI=1S/C14H19NO5S2/c1-18-14(4-7-21-10-14)9-15-22(16,17)11-2-3-12-13(8-11)20-6-5-19-12/h2-3,8,15H,4-7,9-10H2,1H3/t14-/m0/s1. The highest BCUT2D eigenvalue weighted by Gasteiger charge is 2.35. The van der Waals surface area contributed by atoms with E-state index in [2.05, 4.69) is 4.72 Å². The van der Waals surface area contributed by atoms with Gasteiger partial charge in [0.15, 0.2) is 11.5 Å². The Balaban J connectivity index is 1.75. The summed E-state index contributed by atoms with van der Waals surface area (Å²) in [4.78, 5) is 0.175. The Morgan fingerprint density at radius 2 is 2.09 bits per heavy atom. The van der Waals surface area contributed by atoms with Crippen molar-refractivity contribution in [2.24, 2.45) is 0 Å². The highest BCUT2D eigenvalue weighted by molar-refractivity contribution is 7.99. The van der Waals surface area contributed by atoms with Gasteiger partial charge in [-0.05, 0) is 24.3 Å². The maximum Gasteiger partial charge on any atom is 0.240 e. The van der Waals surface area contributed by atoms with Crippen molar-refractivity contribution in [2.45, 2.75) is 16.9 Å². The lowest BCUT2D eigenvalue weighted by Crippen LogP contribution is -2.44. The van der Waals surface area contributed by atoms with Crippen molar-refractivity contribution >= 4 is 21.8 Å². The second-order valence-electron chi connectivity index (χ2n) is 5.32. The van der Waals surface area contributed by atoms with Crippen molar-refractivity contribution in [3.05, 3.63) is 18.2 Å². The highest BCUT2D eigenvalue weighted by Crippen LogP contribution is 2.33. The van der Waals surface area contributed by atoms with Crippen LogP contribution in [0.3, 0.4) is 0 Å². The summed E-state index contributed by atoms with van der Waals surface area (Å²) in [6.45, 7) is 1.17. The zero-order valence-corrected chi connectivity index (χ0v) is 14.0. The molecule has 2 heterocycles. The lowest BCUT2D eigenvalue weighted by molar-refractivity contribution is 0.0179. The molecule has 1 fully saturated rings. The van der Waals surface area contributed by atoms with Gasteiger partial charge in [0.25, 0.3) is 0 Å². The normalized spacial score (nSPS) is 24.4. The van der Waals surface area contributed by atoms with Gasteiger partial charge in [-0.15, -0.1) is 0 Å². The number of hydrogen-bond donors (Lipinski definition) is 1. The summed E-state index contributed by atoms with van der Waals surface area (Å²) in [6.07, 6.45) is 0.845. The van der Waals surface area contributed by atoms with Gasteiger partial charge in [-0.2, -0.15) is 11.8 Å². The minimum Gasteiger partial charge on any atom is -0.486 e. The van der Waals surface area contributed by atoms with E-state index < -0.39 is 15.6 Å². The van der Waals surface area contributed by atoms with E-state index in [9.17, 15) is 8.42 Å². The van der Waals surface area contributed by atoms with Crippen molar-refractivity contribution < 1.29 is 22.6 Å². The van der Waals surface area contributed by atoms with E-state index >= 15 is 0 Å². The second-order valence-corrected chi connectivity index (χ2v) is 8.19. The van der Waals surface area contributed by atoms with Gasteiger partial charge in [-0.1, -0.05) is 0 Å². The summed E-state index contributed by atoms with van der Waals surface area (Å²) in [5.74, 6) is 2.82. The summed E-state index contributed by atoms with van der Waals surface area (Å²) >= 11 is 1.77. The smallest absolute Gasteiger partial charge is 0.240 e. The molecule has 1 saturated heterocycles. The fourth-order valence-corrected chi connectivity index (χ4v) is 4.99.